The Hall–Kier alpha value is 0.0300. The predicted octanol–water partition coefficient (Wildman–Crippen LogP) is 6.69. The highest BCUT2D eigenvalue weighted by atomic mass is 31.2. The van der Waals surface area contributed by atoms with Gasteiger partial charge in [0.25, 0.3) is 0 Å². The zero-order valence-corrected chi connectivity index (χ0v) is 21.8. The summed E-state index contributed by atoms with van der Waals surface area (Å²) in [6.07, 6.45) is 21.0. The second-order valence-corrected chi connectivity index (χ2v) is 11.4. The molecular weight excluding hydrogens is 411 g/mol. The van der Waals surface area contributed by atoms with Crippen LogP contribution in [-0.2, 0) is 13.7 Å². The standard InChI is InChI=1S/C24H51N2O4P/c1-4-5-6-7-8-9-10-11-12-13-14-15-16-17-18-19-24-29-31(27,28)30-25-20-22-26(2,3)23-21-25/h4-24H2,1-3H3/p+1. The van der Waals surface area contributed by atoms with Crippen LogP contribution in [0.1, 0.15) is 110 Å². The fourth-order valence-electron chi connectivity index (χ4n) is 4.07. The number of hydrogen-bond donors (Lipinski definition) is 1. The first kappa shape index (κ1) is 29.1. The summed E-state index contributed by atoms with van der Waals surface area (Å²) in [5, 5.41) is 1.58. The van der Waals surface area contributed by atoms with Crippen LogP contribution in [0, 0.1) is 0 Å². The van der Waals surface area contributed by atoms with Crippen LogP contribution < -0.4 is 0 Å². The molecule has 7 heteroatoms. The van der Waals surface area contributed by atoms with Gasteiger partial charge in [-0.2, -0.15) is 9.69 Å². The number of phosphoric acid groups is 1. The number of rotatable bonds is 20. The molecule has 0 aromatic rings. The van der Waals surface area contributed by atoms with Crippen molar-refractivity contribution in [1.29, 1.82) is 0 Å². The van der Waals surface area contributed by atoms with Crippen LogP contribution in [0.4, 0.5) is 0 Å². The van der Waals surface area contributed by atoms with E-state index >= 15 is 0 Å². The van der Waals surface area contributed by atoms with Crippen molar-refractivity contribution in [2.24, 2.45) is 0 Å². The molecule has 1 unspecified atom stereocenters. The fraction of sp³-hybridized carbons (Fsp3) is 1.00. The number of likely N-dealkylation sites (N-methyl/N-ethyl adjacent to an activating group) is 1. The van der Waals surface area contributed by atoms with Crippen molar-refractivity contribution >= 4 is 7.82 Å². The Morgan fingerprint density at radius 2 is 1.13 bits per heavy atom. The van der Waals surface area contributed by atoms with Gasteiger partial charge < -0.3 is 9.38 Å². The zero-order valence-electron chi connectivity index (χ0n) is 20.9. The SMILES string of the molecule is CCCCCCCCCCCCCCCCCCOP(=O)(O)ON1CC[N+](C)(C)CC1. The number of nitrogens with zero attached hydrogens (tertiary/aromatic N) is 2. The molecule has 1 fully saturated rings. The molecule has 1 saturated heterocycles. The smallest absolute Gasteiger partial charge is 0.326 e. The summed E-state index contributed by atoms with van der Waals surface area (Å²) in [4.78, 5) is 9.89. The maximum Gasteiger partial charge on any atom is 0.489 e. The van der Waals surface area contributed by atoms with E-state index in [9.17, 15) is 9.46 Å². The summed E-state index contributed by atoms with van der Waals surface area (Å²) < 4.78 is 23.3. The molecule has 0 radical (unpaired) electrons. The van der Waals surface area contributed by atoms with Gasteiger partial charge in [-0.05, 0) is 6.42 Å². The monoisotopic (exact) mass is 463 g/mol. The van der Waals surface area contributed by atoms with Crippen LogP contribution in [0.5, 0.6) is 0 Å². The normalized spacial score (nSPS) is 18.8. The second-order valence-electron chi connectivity index (χ2n) is 10.00. The molecule has 0 bridgehead atoms. The molecule has 186 valence electrons. The number of quaternary nitrogens is 1. The van der Waals surface area contributed by atoms with Gasteiger partial charge in [0.05, 0.1) is 46.9 Å². The Bertz CT molecular complexity index is 466. The van der Waals surface area contributed by atoms with Crippen LogP contribution in [-0.4, -0.2) is 61.3 Å². The number of hydroxylamine groups is 2. The van der Waals surface area contributed by atoms with Crippen LogP contribution >= 0.6 is 7.82 Å². The fourth-order valence-corrected chi connectivity index (χ4v) is 4.93. The first-order valence-electron chi connectivity index (χ1n) is 13.1. The quantitative estimate of drug-likeness (QED) is 0.124. The van der Waals surface area contributed by atoms with E-state index in [0.717, 1.165) is 30.4 Å². The molecule has 1 atom stereocenters. The average Bonchev–Trinajstić information content (AvgIpc) is 2.72. The molecule has 0 saturated carbocycles. The highest BCUT2D eigenvalue weighted by molar-refractivity contribution is 7.47. The Morgan fingerprint density at radius 3 is 1.55 bits per heavy atom. The van der Waals surface area contributed by atoms with E-state index in [1.165, 1.54) is 89.9 Å². The lowest BCUT2D eigenvalue weighted by molar-refractivity contribution is -0.896. The lowest BCUT2D eigenvalue weighted by atomic mass is 10.0. The minimum atomic E-state index is -3.97. The molecule has 31 heavy (non-hydrogen) atoms. The molecule has 0 aliphatic carbocycles. The lowest BCUT2D eigenvalue weighted by Gasteiger charge is -2.38. The molecule has 0 amide bonds. The third kappa shape index (κ3) is 17.2. The summed E-state index contributed by atoms with van der Waals surface area (Å²) in [5.74, 6) is 0. The molecule has 0 aromatic carbocycles. The van der Waals surface area contributed by atoms with Crippen LogP contribution in [0.3, 0.4) is 0 Å². The van der Waals surface area contributed by atoms with Crippen LogP contribution in [0.15, 0.2) is 0 Å². The summed E-state index contributed by atoms with van der Waals surface area (Å²) in [5.41, 5.74) is 0. The van der Waals surface area contributed by atoms with Gasteiger partial charge in [-0.1, -0.05) is 103 Å². The zero-order chi connectivity index (χ0) is 22.8. The van der Waals surface area contributed by atoms with Crippen molar-refractivity contribution < 1.29 is 23.1 Å². The maximum absolute atomic E-state index is 12.1. The summed E-state index contributed by atoms with van der Waals surface area (Å²) in [6, 6.07) is 0. The Balaban J connectivity index is 1.83. The molecular formula is C24H52N2O4P+. The molecule has 0 spiro atoms. The van der Waals surface area contributed by atoms with Gasteiger partial charge in [0.2, 0.25) is 0 Å². The Kier molecular flexibility index (Phi) is 16.4. The number of unbranched alkanes of at least 4 members (excludes halogenated alkanes) is 15. The molecule has 1 rings (SSSR count). The van der Waals surface area contributed by atoms with Crippen molar-refractivity contribution in [2.45, 2.75) is 110 Å². The van der Waals surface area contributed by atoms with E-state index in [2.05, 4.69) is 21.0 Å². The van der Waals surface area contributed by atoms with Gasteiger partial charge in [-0.15, -0.1) is 0 Å². The van der Waals surface area contributed by atoms with E-state index in [1.807, 2.05) is 0 Å². The van der Waals surface area contributed by atoms with E-state index in [-0.39, 0.29) is 0 Å². The highest BCUT2D eigenvalue weighted by Crippen LogP contribution is 2.44. The van der Waals surface area contributed by atoms with Gasteiger partial charge in [0, 0.05) is 0 Å². The average molecular weight is 464 g/mol. The van der Waals surface area contributed by atoms with Crippen molar-refractivity contribution in [2.75, 3.05) is 46.9 Å². The Labute approximate surface area is 192 Å². The van der Waals surface area contributed by atoms with Gasteiger partial charge in [0.1, 0.15) is 0 Å². The highest BCUT2D eigenvalue weighted by Gasteiger charge is 2.31. The van der Waals surface area contributed by atoms with Crippen LogP contribution in [0.2, 0.25) is 0 Å². The van der Waals surface area contributed by atoms with E-state index < -0.39 is 7.82 Å². The largest absolute Gasteiger partial charge is 0.489 e. The van der Waals surface area contributed by atoms with Crippen LogP contribution in [0.25, 0.3) is 0 Å². The summed E-state index contributed by atoms with van der Waals surface area (Å²) in [7, 11) is 0.339. The number of hydrogen-bond acceptors (Lipinski definition) is 4. The minimum absolute atomic E-state index is 0.293. The minimum Gasteiger partial charge on any atom is -0.326 e. The molecule has 1 N–H and O–H groups in total. The van der Waals surface area contributed by atoms with Gasteiger partial charge in [0.15, 0.2) is 0 Å². The topological polar surface area (TPSA) is 59.0 Å². The van der Waals surface area contributed by atoms with Crippen molar-refractivity contribution in [3.05, 3.63) is 0 Å². The van der Waals surface area contributed by atoms with Gasteiger partial charge in [-0.3, -0.25) is 4.52 Å². The third-order valence-corrected chi connectivity index (χ3v) is 7.33. The number of piperazine rings is 1. The van der Waals surface area contributed by atoms with Crippen molar-refractivity contribution in [1.82, 2.24) is 5.06 Å². The lowest BCUT2D eigenvalue weighted by Crippen LogP contribution is -2.54. The molecule has 6 nitrogen and oxygen atoms in total. The maximum atomic E-state index is 12.1. The first-order chi connectivity index (χ1) is 14.8. The van der Waals surface area contributed by atoms with Crippen molar-refractivity contribution in [3.63, 3.8) is 0 Å². The van der Waals surface area contributed by atoms with E-state index in [0.29, 0.717) is 19.7 Å². The summed E-state index contributed by atoms with van der Waals surface area (Å²) in [6.45, 7) is 5.68. The Morgan fingerprint density at radius 1 is 0.742 bits per heavy atom. The van der Waals surface area contributed by atoms with Gasteiger partial charge >= 0.3 is 7.82 Å². The predicted molar refractivity (Wildman–Crippen MR) is 130 cm³/mol. The first-order valence-corrected chi connectivity index (χ1v) is 14.6. The van der Waals surface area contributed by atoms with E-state index in [1.54, 1.807) is 5.06 Å². The molecule has 1 aliphatic heterocycles. The van der Waals surface area contributed by atoms with E-state index in [4.69, 9.17) is 9.15 Å². The number of phosphoric ester groups is 1. The van der Waals surface area contributed by atoms with Gasteiger partial charge in [-0.25, -0.2) is 4.57 Å². The molecule has 1 aliphatic rings. The second kappa shape index (κ2) is 17.5. The molecule has 1 heterocycles. The van der Waals surface area contributed by atoms with Crippen molar-refractivity contribution in [3.8, 4) is 0 Å². The third-order valence-electron chi connectivity index (χ3n) is 6.38. The molecule has 0 aromatic heterocycles. The summed E-state index contributed by atoms with van der Waals surface area (Å²) >= 11 is 0.